The number of hydrogen-bond acceptors (Lipinski definition) is 4. The number of hydrogen-bond donors (Lipinski definition) is 0. The van der Waals surface area contributed by atoms with Crippen molar-refractivity contribution in [3.8, 4) is 6.07 Å². The van der Waals surface area contributed by atoms with E-state index in [1.54, 1.807) is 12.1 Å². The van der Waals surface area contributed by atoms with E-state index in [9.17, 15) is 14.9 Å². The average molecular weight is 245 g/mol. The fraction of sp³-hybridized carbons (Fsp3) is 0.167. The van der Waals surface area contributed by atoms with Crippen LogP contribution >= 0.6 is 0 Å². The molecule has 0 N–H and O–H groups in total. The SMILES string of the molecule is CN(C)C(=O)/C(C#N)=C\c1ccccc1[N+](=O)[O-]. The smallest absolute Gasteiger partial charge is 0.276 e. The van der Waals surface area contributed by atoms with Gasteiger partial charge in [0.2, 0.25) is 0 Å². The topological polar surface area (TPSA) is 87.2 Å². The van der Waals surface area contributed by atoms with Crippen LogP contribution < -0.4 is 0 Å². The zero-order valence-electron chi connectivity index (χ0n) is 9.95. The Hall–Kier alpha value is -2.68. The Balaban J connectivity index is 3.27. The zero-order valence-corrected chi connectivity index (χ0v) is 9.95. The highest BCUT2D eigenvalue weighted by atomic mass is 16.6. The Kier molecular flexibility index (Phi) is 4.16. The highest BCUT2D eigenvalue weighted by Crippen LogP contribution is 2.20. The lowest BCUT2D eigenvalue weighted by Crippen LogP contribution is -2.22. The van der Waals surface area contributed by atoms with Gasteiger partial charge in [0, 0.05) is 20.2 Å². The lowest BCUT2D eigenvalue weighted by molar-refractivity contribution is -0.385. The fourth-order valence-corrected chi connectivity index (χ4v) is 1.31. The van der Waals surface area contributed by atoms with Gasteiger partial charge in [0.05, 0.1) is 10.5 Å². The minimum atomic E-state index is -0.555. The van der Waals surface area contributed by atoms with Crippen LogP contribution in [0.25, 0.3) is 6.08 Å². The van der Waals surface area contributed by atoms with Gasteiger partial charge in [-0.25, -0.2) is 0 Å². The number of para-hydroxylation sites is 1. The summed E-state index contributed by atoms with van der Waals surface area (Å²) in [7, 11) is 3.01. The van der Waals surface area contributed by atoms with Crippen molar-refractivity contribution in [2.75, 3.05) is 14.1 Å². The maximum atomic E-state index is 11.6. The third-order valence-electron chi connectivity index (χ3n) is 2.19. The molecule has 1 aromatic rings. The summed E-state index contributed by atoms with van der Waals surface area (Å²) in [6.45, 7) is 0. The second-order valence-electron chi connectivity index (χ2n) is 3.69. The summed E-state index contributed by atoms with van der Waals surface area (Å²) < 4.78 is 0. The molecule has 0 unspecified atom stereocenters. The van der Waals surface area contributed by atoms with Gasteiger partial charge in [0.15, 0.2) is 0 Å². The molecular weight excluding hydrogens is 234 g/mol. The predicted octanol–water partition coefficient (Wildman–Crippen LogP) is 1.59. The second-order valence-corrected chi connectivity index (χ2v) is 3.69. The van der Waals surface area contributed by atoms with Crippen molar-refractivity contribution >= 4 is 17.7 Å². The molecule has 0 saturated heterocycles. The van der Waals surface area contributed by atoms with Gasteiger partial charge in [0.1, 0.15) is 11.6 Å². The van der Waals surface area contributed by atoms with Gasteiger partial charge in [-0.15, -0.1) is 0 Å². The summed E-state index contributed by atoms with van der Waals surface area (Å²) in [6.07, 6.45) is 1.22. The Bertz CT molecular complexity index is 556. The Morgan fingerprint density at radius 1 is 1.44 bits per heavy atom. The third-order valence-corrected chi connectivity index (χ3v) is 2.19. The molecule has 6 nitrogen and oxygen atoms in total. The minimum absolute atomic E-state index is 0.142. The number of amides is 1. The summed E-state index contributed by atoms with van der Waals surface area (Å²) in [6, 6.07) is 7.68. The van der Waals surface area contributed by atoms with Crippen molar-refractivity contribution < 1.29 is 9.72 Å². The summed E-state index contributed by atoms with van der Waals surface area (Å²) in [5, 5.41) is 19.7. The Labute approximate surface area is 104 Å². The molecule has 6 heteroatoms. The van der Waals surface area contributed by atoms with Gasteiger partial charge in [-0.05, 0) is 12.1 Å². The normalized spacial score (nSPS) is 10.6. The first-order valence-electron chi connectivity index (χ1n) is 5.04. The van der Waals surface area contributed by atoms with Crippen LogP contribution in [-0.2, 0) is 4.79 Å². The highest BCUT2D eigenvalue weighted by molar-refractivity contribution is 6.01. The first-order chi connectivity index (χ1) is 8.47. The van der Waals surface area contributed by atoms with Crippen LogP contribution in [-0.4, -0.2) is 29.8 Å². The molecule has 0 aliphatic carbocycles. The van der Waals surface area contributed by atoms with Gasteiger partial charge < -0.3 is 4.90 Å². The van der Waals surface area contributed by atoms with Gasteiger partial charge in [-0.2, -0.15) is 5.26 Å². The molecule has 0 aliphatic rings. The molecule has 0 atom stereocenters. The van der Waals surface area contributed by atoms with Crippen LogP contribution in [0.15, 0.2) is 29.8 Å². The lowest BCUT2D eigenvalue weighted by atomic mass is 10.1. The molecule has 0 spiro atoms. The van der Waals surface area contributed by atoms with Crippen LogP contribution in [0.2, 0.25) is 0 Å². The number of rotatable bonds is 3. The largest absolute Gasteiger partial charge is 0.344 e. The van der Waals surface area contributed by atoms with E-state index in [0.717, 1.165) is 0 Å². The van der Waals surface area contributed by atoms with Crippen LogP contribution in [0.5, 0.6) is 0 Å². The molecule has 1 aromatic carbocycles. The van der Waals surface area contributed by atoms with Gasteiger partial charge in [-0.1, -0.05) is 12.1 Å². The third kappa shape index (κ3) is 2.92. The number of benzene rings is 1. The first-order valence-corrected chi connectivity index (χ1v) is 5.04. The molecule has 18 heavy (non-hydrogen) atoms. The van der Waals surface area contributed by atoms with Crippen LogP contribution in [0.1, 0.15) is 5.56 Å². The quantitative estimate of drug-likeness (QED) is 0.350. The minimum Gasteiger partial charge on any atom is -0.344 e. The first kappa shape index (κ1) is 13.4. The van der Waals surface area contributed by atoms with E-state index in [4.69, 9.17) is 5.26 Å². The monoisotopic (exact) mass is 245 g/mol. The zero-order chi connectivity index (χ0) is 13.7. The molecule has 1 amide bonds. The van der Waals surface area contributed by atoms with Crippen LogP contribution in [0.4, 0.5) is 5.69 Å². The van der Waals surface area contributed by atoms with Gasteiger partial charge >= 0.3 is 0 Å². The maximum Gasteiger partial charge on any atom is 0.276 e. The highest BCUT2D eigenvalue weighted by Gasteiger charge is 2.15. The van der Waals surface area contributed by atoms with Crippen molar-refractivity contribution in [2.45, 2.75) is 0 Å². The number of carbonyl (C=O) groups is 1. The molecule has 92 valence electrons. The number of likely N-dealkylation sites (N-methyl/N-ethyl adjacent to an activating group) is 1. The number of nitro groups is 1. The standard InChI is InChI=1S/C12H11N3O3/c1-14(2)12(16)10(8-13)7-9-5-3-4-6-11(9)15(17)18/h3-7H,1-2H3/b10-7-. The van der Waals surface area contributed by atoms with E-state index < -0.39 is 10.8 Å². The molecule has 0 fully saturated rings. The van der Waals surface area contributed by atoms with Crippen molar-refractivity contribution in [1.82, 2.24) is 4.90 Å². The van der Waals surface area contributed by atoms with E-state index >= 15 is 0 Å². The molecule has 1 rings (SSSR count). The fourth-order valence-electron chi connectivity index (χ4n) is 1.31. The summed E-state index contributed by atoms with van der Waals surface area (Å²) >= 11 is 0. The number of nitro benzene ring substituents is 1. The second kappa shape index (κ2) is 5.59. The van der Waals surface area contributed by atoms with Crippen molar-refractivity contribution in [3.05, 3.63) is 45.5 Å². The van der Waals surface area contributed by atoms with Gasteiger partial charge in [0.25, 0.3) is 11.6 Å². The van der Waals surface area contributed by atoms with Crippen LogP contribution in [0, 0.1) is 21.4 Å². The van der Waals surface area contributed by atoms with Crippen molar-refractivity contribution in [3.63, 3.8) is 0 Å². The van der Waals surface area contributed by atoms with Crippen molar-refractivity contribution in [1.29, 1.82) is 5.26 Å². The molecule has 0 aromatic heterocycles. The molecule has 0 heterocycles. The van der Waals surface area contributed by atoms with E-state index in [0.29, 0.717) is 0 Å². The number of nitriles is 1. The average Bonchev–Trinajstić information content (AvgIpc) is 2.35. The molecular formula is C12H11N3O3. The van der Waals surface area contributed by atoms with Crippen molar-refractivity contribution in [2.24, 2.45) is 0 Å². The Morgan fingerprint density at radius 2 is 2.06 bits per heavy atom. The molecule has 0 radical (unpaired) electrons. The lowest BCUT2D eigenvalue weighted by Gasteiger charge is -2.08. The number of nitrogens with zero attached hydrogens (tertiary/aromatic N) is 3. The summed E-state index contributed by atoms with van der Waals surface area (Å²) in [5.41, 5.74) is -0.0552. The predicted molar refractivity (Wildman–Crippen MR) is 65.4 cm³/mol. The number of carbonyl (C=O) groups excluding carboxylic acids is 1. The summed E-state index contributed by atoms with van der Waals surface area (Å²) in [5.74, 6) is -0.490. The summed E-state index contributed by atoms with van der Waals surface area (Å²) in [4.78, 5) is 23.1. The van der Waals surface area contributed by atoms with E-state index in [1.807, 2.05) is 0 Å². The maximum absolute atomic E-state index is 11.6. The van der Waals surface area contributed by atoms with E-state index in [2.05, 4.69) is 0 Å². The van der Waals surface area contributed by atoms with Gasteiger partial charge in [-0.3, -0.25) is 14.9 Å². The van der Waals surface area contributed by atoms with Crippen LogP contribution in [0.3, 0.4) is 0 Å². The van der Waals surface area contributed by atoms with E-state index in [1.165, 1.54) is 43.3 Å². The van der Waals surface area contributed by atoms with E-state index in [-0.39, 0.29) is 16.8 Å². The molecule has 0 saturated carbocycles. The molecule has 0 aliphatic heterocycles. The molecule has 0 bridgehead atoms. The Morgan fingerprint density at radius 3 is 2.56 bits per heavy atom.